The molecule has 5 heteroatoms. The highest BCUT2D eigenvalue weighted by Gasteiger charge is 2.37. The van der Waals surface area contributed by atoms with Crippen molar-refractivity contribution < 1.29 is 14.3 Å². The van der Waals surface area contributed by atoms with Crippen LogP contribution in [0.4, 0.5) is 0 Å². The Kier molecular flexibility index (Phi) is 3.86. The second kappa shape index (κ2) is 6.06. The smallest absolute Gasteiger partial charge is 0.256 e. The summed E-state index contributed by atoms with van der Waals surface area (Å²) in [6.45, 7) is 5.00. The molecule has 1 aromatic carbocycles. The number of amides is 1. The number of ether oxygens (including phenoxy) is 1. The van der Waals surface area contributed by atoms with Crippen molar-refractivity contribution in [1.82, 2.24) is 9.88 Å². The fourth-order valence-electron chi connectivity index (χ4n) is 3.71. The Labute approximate surface area is 147 Å². The van der Waals surface area contributed by atoms with Gasteiger partial charge in [0.05, 0.1) is 24.2 Å². The van der Waals surface area contributed by atoms with Gasteiger partial charge in [0.25, 0.3) is 5.91 Å². The third-order valence-electron chi connectivity index (χ3n) is 5.11. The van der Waals surface area contributed by atoms with E-state index >= 15 is 0 Å². The Balaban J connectivity index is 1.47. The maximum absolute atomic E-state index is 12.9. The molecule has 25 heavy (non-hydrogen) atoms. The van der Waals surface area contributed by atoms with Crippen LogP contribution in [0.15, 0.2) is 24.3 Å². The molecule has 2 heterocycles. The number of aromatic amines is 1. The zero-order valence-corrected chi connectivity index (χ0v) is 14.6. The Morgan fingerprint density at radius 2 is 1.96 bits per heavy atom. The third kappa shape index (κ3) is 2.73. The van der Waals surface area contributed by atoms with Crippen molar-refractivity contribution in [1.29, 1.82) is 0 Å². The van der Waals surface area contributed by atoms with Gasteiger partial charge in [-0.05, 0) is 38.3 Å². The molecule has 1 saturated heterocycles. The van der Waals surface area contributed by atoms with Crippen LogP contribution in [0.25, 0.3) is 0 Å². The number of nitrogens with zero attached hydrogens (tertiary/aromatic N) is 1. The van der Waals surface area contributed by atoms with E-state index in [-0.39, 0.29) is 17.8 Å². The molecule has 1 amide bonds. The van der Waals surface area contributed by atoms with Crippen LogP contribution in [0.1, 0.15) is 50.5 Å². The molecule has 2 aromatic rings. The molecule has 0 radical (unpaired) electrons. The van der Waals surface area contributed by atoms with E-state index < -0.39 is 0 Å². The zero-order valence-electron chi connectivity index (χ0n) is 14.6. The summed E-state index contributed by atoms with van der Waals surface area (Å²) in [5.74, 6) is 0.891. The summed E-state index contributed by atoms with van der Waals surface area (Å²) >= 11 is 0. The van der Waals surface area contributed by atoms with Crippen molar-refractivity contribution in [3.63, 3.8) is 0 Å². The summed E-state index contributed by atoms with van der Waals surface area (Å²) in [6.07, 6.45) is 2.24. The summed E-state index contributed by atoms with van der Waals surface area (Å²) in [5.41, 5.74) is 4.00. The maximum atomic E-state index is 12.9. The predicted octanol–water partition coefficient (Wildman–Crippen LogP) is 3.05. The minimum absolute atomic E-state index is 0.0100. The van der Waals surface area contributed by atoms with Crippen LogP contribution in [0.3, 0.4) is 0 Å². The number of ketones is 1. The Bertz CT molecular complexity index is 847. The maximum Gasteiger partial charge on any atom is 0.256 e. The summed E-state index contributed by atoms with van der Waals surface area (Å²) in [5, 5.41) is 0. The molecule has 1 fully saturated rings. The van der Waals surface area contributed by atoms with Crippen molar-refractivity contribution in [2.24, 2.45) is 0 Å². The molecule has 5 nitrogen and oxygen atoms in total. The highest BCUT2D eigenvalue weighted by atomic mass is 16.5. The van der Waals surface area contributed by atoms with Gasteiger partial charge in [-0.15, -0.1) is 0 Å². The number of carbonyl (C=O) groups is 2. The number of fused-ring (bicyclic) bond motifs is 1. The molecular formula is C20H22N2O3. The van der Waals surface area contributed by atoms with Crippen LogP contribution >= 0.6 is 0 Å². The number of likely N-dealkylation sites (tertiary alicyclic amines) is 1. The van der Waals surface area contributed by atoms with Crippen LogP contribution in [-0.4, -0.2) is 40.8 Å². The molecule has 1 aliphatic heterocycles. The zero-order chi connectivity index (χ0) is 17.6. The van der Waals surface area contributed by atoms with E-state index in [1.165, 1.54) is 0 Å². The van der Waals surface area contributed by atoms with Crippen LogP contribution in [-0.2, 0) is 6.42 Å². The summed E-state index contributed by atoms with van der Waals surface area (Å²) in [4.78, 5) is 30.2. The van der Waals surface area contributed by atoms with Gasteiger partial charge in [-0.3, -0.25) is 9.59 Å². The molecule has 0 unspecified atom stereocenters. The monoisotopic (exact) mass is 338 g/mol. The Morgan fingerprint density at radius 1 is 1.20 bits per heavy atom. The number of rotatable bonds is 3. The van der Waals surface area contributed by atoms with Crippen molar-refractivity contribution in [3.05, 3.63) is 52.3 Å². The first-order chi connectivity index (χ1) is 12.0. The molecule has 1 N–H and O–H groups in total. The standard InChI is InChI=1S/C20H22N2O3/c1-12-6-3-4-9-17(12)25-14-10-22(11-14)20(24)18-13(2)21-15-7-5-8-16(23)19(15)18/h3-4,6,9,14,21H,5,7-8,10-11H2,1-2H3. The summed E-state index contributed by atoms with van der Waals surface area (Å²) in [6, 6.07) is 7.89. The molecule has 0 atom stereocenters. The van der Waals surface area contributed by atoms with E-state index in [1.54, 1.807) is 4.90 Å². The van der Waals surface area contributed by atoms with Crippen molar-refractivity contribution in [3.8, 4) is 5.75 Å². The van der Waals surface area contributed by atoms with Gasteiger partial charge >= 0.3 is 0 Å². The highest BCUT2D eigenvalue weighted by molar-refractivity contribution is 6.10. The van der Waals surface area contributed by atoms with Gasteiger partial charge < -0.3 is 14.6 Å². The molecule has 2 aliphatic rings. The minimum Gasteiger partial charge on any atom is -0.486 e. The molecule has 1 aromatic heterocycles. The van der Waals surface area contributed by atoms with Gasteiger partial charge in [-0.25, -0.2) is 0 Å². The van der Waals surface area contributed by atoms with Crippen LogP contribution in [0.5, 0.6) is 5.75 Å². The number of Topliss-reactive ketones (excluding diaryl/α,β-unsaturated/α-hetero) is 1. The van der Waals surface area contributed by atoms with Gasteiger partial charge in [-0.1, -0.05) is 18.2 Å². The Morgan fingerprint density at radius 3 is 2.72 bits per heavy atom. The van der Waals surface area contributed by atoms with Crippen molar-refractivity contribution in [2.75, 3.05) is 13.1 Å². The average molecular weight is 338 g/mol. The van der Waals surface area contributed by atoms with E-state index in [0.29, 0.717) is 30.6 Å². The molecule has 0 bridgehead atoms. The second-order valence-electron chi connectivity index (χ2n) is 6.97. The first-order valence-corrected chi connectivity index (χ1v) is 8.81. The second-order valence-corrected chi connectivity index (χ2v) is 6.97. The fourth-order valence-corrected chi connectivity index (χ4v) is 3.71. The van der Waals surface area contributed by atoms with Crippen molar-refractivity contribution in [2.45, 2.75) is 39.2 Å². The van der Waals surface area contributed by atoms with Gasteiger partial charge in [0.15, 0.2) is 5.78 Å². The van der Waals surface area contributed by atoms with E-state index in [0.717, 1.165) is 35.5 Å². The van der Waals surface area contributed by atoms with Crippen molar-refractivity contribution >= 4 is 11.7 Å². The number of H-pyrrole nitrogens is 1. The molecule has 0 spiro atoms. The van der Waals surface area contributed by atoms with E-state index in [9.17, 15) is 9.59 Å². The van der Waals surface area contributed by atoms with E-state index in [2.05, 4.69) is 4.98 Å². The molecular weight excluding hydrogens is 316 g/mol. The number of nitrogens with one attached hydrogen (secondary N) is 1. The number of hydrogen-bond donors (Lipinski definition) is 1. The van der Waals surface area contributed by atoms with Crippen LogP contribution < -0.4 is 4.74 Å². The third-order valence-corrected chi connectivity index (χ3v) is 5.11. The number of aryl methyl sites for hydroxylation is 3. The lowest BCUT2D eigenvalue weighted by Crippen LogP contribution is -2.56. The van der Waals surface area contributed by atoms with Gasteiger partial charge in [0.1, 0.15) is 11.9 Å². The van der Waals surface area contributed by atoms with E-state index in [1.807, 2.05) is 38.1 Å². The van der Waals surface area contributed by atoms with Crippen LogP contribution in [0.2, 0.25) is 0 Å². The number of aromatic nitrogens is 1. The number of para-hydroxylation sites is 1. The van der Waals surface area contributed by atoms with Gasteiger partial charge in [0.2, 0.25) is 0 Å². The first-order valence-electron chi connectivity index (χ1n) is 8.81. The lowest BCUT2D eigenvalue weighted by atomic mass is 9.92. The van der Waals surface area contributed by atoms with Gasteiger partial charge in [0, 0.05) is 17.8 Å². The largest absolute Gasteiger partial charge is 0.486 e. The Hall–Kier alpha value is -2.56. The normalized spacial score (nSPS) is 17.2. The molecule has 0 saturated carbocycles. The summed E-state index contributed by atoms with van der Waals surface area (Å²) in [7, 11) is 0. The highest BCUT2D eigenvalue weighted by Crippen LogP contribution is 2.30. The number of carbonyl (C=O) groups excluding carboxylic acids is 2. The number of benzene rings is 1. The first kappa shape index (κ1) is 15.9. The number of hydrogen-bond acceptors (Lipinski definition) is 3. The topological polar surface area (TPSA) is 62.4 Å². The SMILES string of the molecule is Cc1ccccc1OC1CN(C(=O)c2c(C)[nH]c3c2C(=O)CCC3)C1. The van der Waals surface area contributed by atoms with Crippen LogP contribution in [0, 0.1) is 13.8 Å². The fraction of sp³-hybridized carbons (Fsp3) is 0.400. The lowest BCUT2D eigenvalue weighted by molar-refractivity contribution is 0.0174. The average Bonchev–Trinajstić information content (AvgIpc) is 2.89. The molecule has 4 rings (SSSR count). The van der Waals surface area contributed by atoms with E-state index in [4.69, 9.17) is 4.74 Å². The lowest BCUT2D eigenvalue weighted by Gasteiger charge is -2.39. The molecule has 130 valence electrons. The molecule has 1 aliphatic carbocycles. The van der Waals surface area contributed by atoms with Gasteiger partial charge in [-0.2, -0.15) is 0 Å². The minimum atomic E-state index is -0.0603. The summed E-state index contributed by atoms with van der Waals surface area (Å²) < 4.78 is 5.97. The predicted molar refractivity (Wildman–Crippen MR) is 94.3 cm³/mol. The quantitative estimate of drug-likeness (QED) is 0.935.